The topological polar surface area (TPSA) is 102 Å². The molecule has 3 aliphatic rings. The Kier molecular flexibility index (Phi) is 6.29. The number of rotatable bonds is 7. The predicted octanol–water partition coefficient (Wildman–Crippen LogP) is 5.08. The fourth-order valence-electron chi connectivity index (χ4n) is 4.99. The number of ether oxygens (including phenoxy) is 1. The Balaban J connectivity index is 1.10. The highest BCUT2D eigenvalue weighted by atomic mass is 35.5. The molecule has 1 amide bonds. The van der Waals surface area contributed by atoms with Gasteiger partial charge in [-0.15, -0.1) is 5.48 Å². The first kappa shape index (κ1) is 23.3. The molecule has 1 aromatic carbocycles. The molecule has 6 rings (SSSR count). The molecular formula is C26H28ClN5O4. The van der Waals surface area contributed by atoms with E-state index >= 15 is 0 Å². The molecule has 2 saturated heterocycles. The van der Waals surface area contributed by atoms with E-state index in [9.17, 15) is 4.79 Å². The van der Waals surface area contributed by atoms with Crippen molar-refractivity contribution in [2.24, 2.45) is 0 Å². The summed E-state index contributed by atoms with van der Waals surface area (Å²) in [5.74, 6) is 2.28. The molecule has 1 unspecified atom stereocenters. The molecule has 9 nitrogen and oxygen atoms in total. The van der Waals surface area contributed by atoms with Crippen molar-refractivity contribution in [2.75, 3.05) is 11.4 Å². The van der Waals surface area contributed by atoms with Crippen molar-refractivity contribution in [1.82, 2.24) is 20.9 Å². The van der Waals surface area contributed by atoms with Crippen LogP contribution in [0.5, 0.6) is 0 Å². The van der Waals surface area contributed by atoms with Crippen LogP contribution >= 0.6 is 11.6 Å². The second-order valence-corrected chi connectivity index (χ2v) is 10.1. The molecule has 3 fully saturated rings. The fraction of sp³-hybridized carbons (Fsp3) is 0.423. The summed E-state index contributed by atoms with van der Waals surface area (Å²) < 4.78 is 12.2. The van der Waals surface area contributed by atoms with Crippen LogP contribution in [0.2, 0.25) is 5.02 Å². The van der Waals surface area contributed by atoms with Gasteiger partial charge in [0.2, 0.25) is 0 Å². The Bertz CT molecular complexity index is 1250. The Morgan fingerprint density at radius 1 is 1.19 bits per heavy atom. The first-order valence-electron chi connectivity index (χ1n) is 12.4. The average molecular weight is 510 g/mol. The Morgan fingerprint density at radius 3 is 2.75 bits per heavy atom. The number of hydrogen-bond acceptors (Lipinski definition) is 8. The lowest BCUT2D eigenvalue weighted by Crippen LogP contribution is -2.44. The van der Waals surface area contributed by atoms with E-state index in [0.29, 0.717) is 17.5 Å². The van der Waals surface area contributed by atoms with Crippen molar-refractivity contribution in [3.63, 3.8) is 0 Å². The molecule has 0 spiro atoms. The zero-order valence-electron chi connectivity index (χ0n) is 19.9. The highest BCUT2D eigenvalue weighted by Gasteiger charge is 2.34. The molecule has 3 aromatic rings. The van der Waals surface area contributed by atoms with Crippen molar-refractivity contribution >= 4 is 23.5 Å². The zero-order valence-corrected chi connectivity index (χ0v) is 20.7. The van der Waals surface area contributed by atoms with E-state index in [1.54, 1.807) is 6.20 Å². The number of anilines is 1. The summed E-state index contributed by atoms with van der Waals surface area (Å²) in [5.41, 5.74) is 6.17. The number of hydrogen-bond donors (Lipinski definition) is 2. The molecule has 2 N–H and O–H groups in total. The minimum absolute atomic E-state index is 0.131. The van der Waals surface area contributed by atoms with Crippen molar-refractivity contribution in [3.8, 4) is 11.3 Å². The van der Waals surface area contributed by atoms with Gasteiger partial charge in [0.25, 0.3) is 0 Å². The van der Waals surface area contributed by atoms with Gasteiger partial charge in [0, 0.05) is 41.4 Å². The summed E-state index contributed by atoms with van der Waals surface area (Å²) in [6, 6.07) is 11.9. The zero-order chi connectivity index (χ0) is 24.6. The molecule has 0 bridgehead atoms. The van der Waals surface area contributed by atoms with Crippen LogP contribution in [0.1, 0.15) is 61.6 Å². The summed E-state index contributed by atoms with van der Waals surface area (Å²) in [6.45, 7) is 3.50. The van der Waals surface area contributed by atoms with E-state index in [1.807, 2.05) is 36.4 Å². The largest absolute Gasteiger partial charge is 0.427 e. The minimum atomic E-state index is -0.491. The number of nitrogens with zero attached hydrogens (tertiary/aromatic N) is 3. The number of carbonyl (C=O) groups excluding carboxylic acids is 1. The number of benzene rings is 1. The van der Waals surface area contributed by atoms with E-state index in [1.165, 1.54) is 0 Å². The number of amides is 1. The SMILES string of the molecule is C[C@@H]1C[C@H](OCc2c(-c3ccccc3Cl)noc2C2CC2)CCN1c1ccc(C2NOC(=O)N2)cn1. The van der Waals surface area contributed by atoms with Gasteiger partial charge in [-0.3, -0.25) is 5.32 Å². The van der Waals surface area contributed by atoms with Crippen molar-refractivity contribution in [2.45, 2.75) is 63.4 Å². The highest BCUT2D eigenvalue weighted by molar-refractivity contribution is 6.33. The highest BCUT2D eigenvalue weighted by Crippen LogP contribution is 2.45. The van der Waals surface area contributed by atoms with E-state index in [-0.39, 0.29) is 18.3 Å². The van der Waals surface area contributed by atoms with Gasteiger partial charge >= 0.3 is 6.09 Å². The van der Waals surface area contributed by atoms with Crippen LogP contribution in [-0.2, 0) is 16.2 Å². The van der Waals surface area contributed by atoms with Crippen molar-refractivity contribution in [1.29, 1.82) is 0 Å². The molecule has 4 heterocycles. The van der Waals surface area contributed by atoms with Crippen LogP contribution in [-0.4, -0.2) is 34.9 Å². The molecule has 188 valence electrons. The summed E-state index contributed by atoms with van der Waals surface area (Å²) in [5, 5.41) is 7.73. The molecule has 3 atom stereocenters. The smallest absolute Gasteiger partial charge is 0.373 e. The Hall–Kier alpha value is -3.14. The molecule has 1 aliphatic carbocycles. The number of aromatic nitrogens is 2. The Labute approximate surface area is 214 Å². The maximum atomic E-state index is 11.3. The fourth-order valence-corrected chi connectivity index (χ4v) is 5.22. The number of piperidine rings is 1. The summed E-state index contributed by atoms with van der Waals surface area (Å²) in [7, 11) is 0. The van der Waals surface area contributed by atoms with Gasteiger partial charge in [-0.25, -0.2) is 9.78 Å². The van der Waals surface area contributed by atoms with Gasteiger partial charge in [-0.1, -0.05) is 41.0 Å². The van der Waals surface area contributed by atoms with Gasteiger partial charge < -0.3 is 19.0 Å². The number of nitrogens with one attached hydrogen (secondary N) is 2. The summed E-state index contributed by atoms with van der Waals surface area (Å²) in [6.07, 6.45) is 5.06. The quantitative estimate of drug-likeness (QED) is 0.454. The number of hydroxylamine groups is 1. The molecule has 36 heavy (non-hydrogen) atoms. The standard InChI is InChI=1S/C26H28ClN5O4/c1-15-12-18(10-11-32(15)22-9-8-17(13-28-22)25-29-26(33)36-31-25)34-14-20-23(19-4-2-3-5-21(19)27)30-35-24(20)16-6-7-16/h2-5,8-9,13,15-16,18,25,31H,6-7,10-12,14H2,1H3,(H,29,33)/t15-,18-,25?/m1/s1. The van der Waals surface area contributed by atoms with E-state index in [0.717, 1.165) is 66.2 Å². The Morgan fingerprint density at radius 2 is 2.06 bits per heavy atom. The third-order valence-corrected chi connectivity index (χ3v) is 7.45. The maximum absolute atomic E-state index is 11.3. The first-order chi connectivity index (χ1) is 17.6. The number of pyridine rings is 1. The molecule has 2 aromatic heterocycles. The third-order valence-electron chi connectivity index (χ3n) is 7.12. The summed E-state index contributed by atoms with van der Waals surface area (Å²) >= 11 is 6.47. The van der Waals surface area contributed by atoms with E-state index < -0.39 is 6.09 Å². The van der Waals surface area contributed by atoms with Crippen LogP contribution < -0.4 is 15.7 Å². The van der Waals surface area contributed by atoms with Crippen molar-refractivity contribution < 1.29 is 18.9 Å². The molecule has 1 saturated carbocycles. The van der Waals surface area contributed by atoms with Gasteiger partial charge in [-0.2, -0.15) is 0 Å². The third kappa shape index (κ3) is 4.66. The van der Waals surface area contributed by atoms with Gasteiger partial charge in [0.15, 0.2) is 0 Å². The average Bonchev–Trinajstić information content (AvgIpc) is 3.50. The van der Waals surface area contributed by atoms with Crippen LogP contribution in [0.3, 0.4) is 0 Å². The first-order valence-corrected chi connectivity index (χ1v) is 12.7. The monoisotopic (exact) mass is 509 g/mol. The van der Waals surface area contributed by atoms with Crippen LogP contribution in [0, 0.1) is 0 Å². The maximum Gasteiger partial charge on any atom is 0.427 e. The molecular weight excluding hydrogens is 482 g/mol. The van der Waals surface area contributed by atoms with Gasteiger partial charge in [-0.05, 0) is 44.7 Å². The van der Waals surface area contributed by atoms with E-state index in [4.69, 9.17) is 25.7 Å². The molecule has 0 radical (unpaired) electrons. The second kappa shape index (κ2) is 9.72. The van der Waals surface area contributed by atoms with E-state index in [2.05, 4.69) is 32.8 Å². The van der Waals surface area contributed by atoms with Crippen LogP contribution in [0.15, 0.2) is 47.1 Å². The van der Waals surface area contributed by atoms with Crippen LogP contribution in [0.4, 0.5) is 10.6 Å². The normalized spacial score (nSPS) is 24.0. The lowest BCUT2D eigenvalue weighted by molar-refractivity contribution is 0.0174. The van der Waals surface area contributed by atoms with Gasteiger partial charge in [0.1, 0.15) is 23.4 Å². The summed E-state index contributed by atoms with van der Waals surface area (Å²) in [4.78, 5) is 22.9. The lowest BCUT2D eigenvalue weighted by atomic mass is 10.00. The molecule has 2 aliphatic heterocycles. The van der Waals surface area contributed by atoms with Gasteiger partial charge in [0.05, 0.1) is 17.7 Å². The lowest BCUT2D eigenvalue weighted by Gasteiger charge is -2.38. The van der Waals surface area contributed by atoms with Crippen molar-refractivity contribution in [3.05, 3.63) is 64.5 Å². The molecule has 10 heteroatoms. The predicted molar refractivity (Wildman–Crippen MR) is 133 cm³/mol. The second-order valence-electron chi connectivity index (χ2n) is 9.66. The minimum Gasteiger partial charge on any atom is -0.373 e. The number of carbonyl (C=O) groups is 1. The number of halogens is 1. The van der Waals surface area contributed by atoms with Crippen LogP contribution in [0.25, 0.3) is 11.3 Å².